The number of nitrogens with zero attached hydrogens (tertiary/aromatic N) is 1. The summed E-state index contributed by atoms with van der Waals surface area (Å²) >= 11 is 0. The van der Waals surface area contributed by atoms with E-state index in [-0.39, 0.29) is 24.8 Å². The van der Waals surface area contributed by atoms with Gasteiger partial charge in [0.15, 0.2) is 11.5 Å². The van der Waals surface area contributed by atoms with Crippen molar-refractivity contribution in [1.29, 1.82) is 0 Å². The van der Waals surface area contributed by atoms with Crippen LogP contribution in [0.25, 0.3) is 0 Å². The molecule has 0 fully saturated rings. The Labute approximate surface area is 99.9 Å². The van der Waals surface area contributed by atoms with E-state index in [1.54, 1.807) is 0 Å². The molecule has 1 aromatic heterocycles. The van der Waals surface area contributed by atoms with Crippen LogP contribution in [-0.2, 0) is 11.3 Å². The van der Waals surface area contributed by atoms with Crippen molar-refractivity contribution in [3.63, 3.8) is 0 Å². The smallest absolute Gasteiger partial charge is 0.273 e. The molecule has 0 aliphatic rings. The highest BCUT2D eigenvalue weighted by Crippen LogP contribution is 2.10. The van der Waals surface area contributed by atoms with Crippen LogP contribution in [0.1, 0.15) is 36.5 Å². The molecule has 0 spiro atoms. The van der Waals surface area contributed by atoms with E-state index in [1.165, 1.54) is 13.2 Å². The average Bonchev–Trinajstić information content (AvgIpc) is 2.66. The minimum absolute atomic E-state index is 0.0149. The molecule has 0 aliphatic heterocycles. The fourth-order valence-corrected chi connectivity index (χ4v) is 1.34. The Morgan fingerprint density at radius 1 is 1.65 bits per heavy atom. The number of hydrogen-bond donors (Lipinski definition) is 2. The molecule has 6 nitrogen and oxygen atoms in total. The van der Waals surface area contributed by atoms with Gasteiger partial charge in [0, 0.05) is 25.3 Å². The summed E-state index contributed by atoms with van der Waals surface area (Å²) in [5.41, 5.74) is -0.269. The Balaban J connectivity index is 2.63. The van der Waals surface area contributed by atoms with E-state index in [2.05, 4.69) is 10.5 Å². The summed E-state index contributed by atoms with van der Waals surface area (Å²) in [6.45, 7) is 3.95. The summed E-state index contributed by atoms with van der Waals surface area (Å²) in [4.78, 5) is 11.8. The van der Waals surface area contributed by atoms with Crippen molar-refractivity contribution in [2.75, 3.05) is 13.7 Å². The van der Waals surface area contributed by atoms with Crippen molar-refractivity contribution in [3.8, 4) is 0 Å². The lowest BCUT2D eigenvalue weighted by molar-refractivity contribution is 0.0889. The van der Waals surface area contributed by atoms with Gasteiger partial charge in [-0.15, -0.1) is 0 Å². The number of carbonyl (C=O) groups is 1. The lowest BCUT2D eigenvalue weighted by Gasteiger charge is -2.24. The third-order valence-corrected chi connectivity index (χ3v) is 2.27. The molecular formula is C11H18N2O4. The number of hydrogen-bond acceptors (Lipinski definition) is 5. The van der Waals surface area contributed by atoms with Gasteiger partial charge in [-0.1, -0.05) is 5.16 Å². The van der Waals surface area contributed by atoms with Gasteiger partial charge in [0.05, 0.1) is 0 Å². The SMILES string of the molecule is COCc1cc(C(=O)NC(C)(C)CCO)no1. The molecule has 1 rings (SSSR count). The number of aromatic nitrogens is 1. The predicted octanol–water partition coefficient (Wildman–Crippen LogP) is 0.712. The molecule has 2 N–H and O–H groups in total. The molecule has 0 atom stereocenters. The Hall–Kier alpha value is -1.40. The molecule has 96 valence electrons. The monoisotopic (exact) mass is 242 g/mol. The molecule has 0 bridgehead atoms. The molecule has 0 radical (unpaired) electrons. The molecule has 0 unspecified atom stereocenters. The quantitative estimate of drug-likeness (QED) is 0.767. The van der Waals surface area contributed by atoms with E-state index >= 15 is 0 Å². The Bertz CT molecular complexity index is 373. The van der Waals surface area contributed by atoms with Crippen molar-refractivity contribution in [2.24, 2.45) is 0 Å². The summed E-state index contributed by atoms with van der Waals surface area (Å²) < 4.78 is 9.78. The van der Waals surface area contributed by atoms with Gasteiger partial charge in [-0.3, -0.25) is 4.79 Å². The van der Waals surface area contributed by atoms with Gasteiger partial charge in [-0.25, -0.2) is 0 Å². The number of methoxy groups -OCH3 is 1. The van der Waals surface area contributed by atoms with E-state index in [0.717, 1.165) is 0 Å². The first-order valence-electron chi connectivity index (χ1n) is 5.36. The molecule has 0 saturated carbocycles. The number of rotatable bonds is 6. The number of aliphatic hydroxyl groups is 1. The van der Waals surface area contributed by atoms with Crippen molar-refractivity contribution >= 4 is 5.91 Å². The first-order valence-corrected chi connectivity index (χ1v) is 5.36. The summed E-state index contributed by atoms with van der Waals surface area (Å²) in [5.74, 6) is 0.173. The third kappa shape index (κ3) is 4.16. The zero-order chi connectivity index (χ0) is 12.9. The summed E-state index contributed by atoms with van der Waals surface area (Å²) in [6, 6.07) is 1.54. The van der Waals surface area contributed by atoms with Crippen LogP contribution in [0.5, 0.6) is 0 Å². The molecule has 17 heavy (non-hydrogen) atoms. The van der Waals surface area contributed by atoms with Crippen molar-refractivity contribution in [2.45, 2.75) is 32.4 Å². The molecule has 0 aliphatic carbocycles. The second-order valence-corrected chi connectivity index (χ2v) is 4.42. The van der Waals surface area contributed by atoms with Crippen LogP contribution in [-0.4, -0.2) is 35.4 Å². The van der Waals surface area contributed by atoms with Gasteiger partial charge in [-0.2, -0.15) is 0 Å². The zero-order valence-electron chi connectivity index (χ0n) is 10.3. The number of ether oxygens (including phenoxy) is 1. The Morgan fingerprint density at radius 2 is 2.35 bits per heavy atom. The summed E-state index contributed by atoms with van der Waals surface area (Å²) in [6.07, 6.45) is 0.474. The fraction of sp³-hybridized carbons (Fsp3) is 0.636. The van der Waals surface area contributed by atoms with Crippen LogP contribution in [0.3, 0.4) is 0 Å². The summed E-state index contributed by atoms with van der Waals surface area (Å²) in [7, 11) is 1.53. The standard InChI is InChI=1S/C11H18N2O4/c1-11(2,4-5-14)12-10(15)9-6-8(7-16-3)17-13-9/h6,14H,4-5,7H2,1-3H3,(H,12,15). The van der Waals surface area contributed by atoms with E-state index in [1.807, 2.05) is 13.8 Å². The molecule has 1 heterocycles. The van der Waals surface area contributed by atoms with Crippen LogP contribution in [0.15, 0.2) is 10.6 Å². The van der Waals surface area contributed by atoms with Crippen LogP contribution in [0.2, 0.25) is 0 Å². The van der Waals surface area contributed by atoms with Crippen LogP contribution in [0, 0.1) is 0 Å². The fourth-order valence-electron chi connectivity index (χ4n) is 1.34. The second-order valence-electron chi connectivity index (χ2n) is 4.42. The van der Waals surface area contributed by atoms with Crippen LogP contribution < -0.4 is 5.32 Å². The topological polar surface area (TPSA) is 84.6 Å². The Morgan fingerprint density at radius 3 is 2.94 bits per heavy atom. The lowest BCUT2D eigenvalue weighted by Crippen LogP contribution is -2.44. The largest absolute Gasteiger partial charge is 0.396 e. The highest BCUT2D eigenvalue weighted by atomic mass is 16.5. The average molecular weight is 242 g/mol. The molecule has 0 saturated heterocycles. The highest BCUT2D eigenvalue weighted by molar-refractivity contribution is 5.92. The van der Waals surface area contributed by atoms with Gasteiger partial charge in [-0.05, 0) is 20.3 Å². The number of aliphatic hydroxyl groups excluding tert-OH is 1. The first-order chi connectivity index (χ1) is 7.98. The minimum atomic E-state index is -0.480. The van der Waals surface area contributed by atoms with E-state index in [9.17, 15) is 4.79 Å². The van der Waals surface area contributed by atoms with Crippen LogP contribution >= 0.6 is 0 Å². The van der Waals surface area contributed by atoms with Gasteiger partial charge in [0.2, 0.25) is 0 Å². The maximum Gasteiger partial charge on any atom is 0.273 e. The van der Waals surface area contributed by atoms with Gasteiger partial charge >= 0.3 is 0 Å². The van der Waals surface area contributed by atoms with Crippen LogP contribution in [0.4, 0.5) is 0 Å². The second kappa shape index (κ2) is 5.79. The lowest BCUT2D eigenvalue weighted by atomic mass is 10.0. The normalized spacial score (nSPS) is 11.5. The van der Waals surface area contributed by atoms with Crippen molar-refractivity contribution < 1.29 is 19.2 Å². The third-order valence-electron chi connectivity index (χ3n) is 2.27. The first kappa shape index (κ1) is 13.7. The van der Waals surface area contributed by atoms with E-state index in [0.29, 0.717) is 12.2 Å². The summed E-state index contributed by atoms with van der Waals surface area (Å²) in [5, 5.41) is 15.3. The molecule has 1 amide bonds. The molecular weight excluding hydrogens is 224 g/mol. The van der Waals surface area contributed by atoms with Crippen molar-refractivity contribution in [1.82, 2.24) is 10.5 Å². The van der Waals surface area contributed by atoms with Gasteiger partial charge < -0.3 is 19.7 Å². The van der Waals surface area contributed by atoms with Gasteiger partial charge in [0.1, 0.15) is 6.61 Å². The Kier molecular flexibility index (Phi) is 4.65. The molecule has 0 aromatic carbocycles. The minimum Gasteiger partial charge on any atom is -0.396 e. The highest BCUT2D eigenvalue weighted by Gasteiger charge is 2.22. The molecule has 6 heteroatoms. The molecule has 1 aromatic rings. The number of nitrogens with one attached hydrogen (secondary N) is 1. The van der Waals surface area contributed by atoms with Crippen molar-refractivity contribution in [3.05, 3.63) is 17.5 Å². The number of carbonyl (C=O) groups excluding carboxylic acids is 1. The van der Waals surface area contributed by atoms with Gasteiger partial charge in [0.25, 0.3) is 5.91 Å². The maximum absolute atomic E-state index is 11.8. The number of amides is 1. The zero-order valence-corrected chi connectivity index (χ0v) is 10.3. The van der Waals surface area contributed by atoms with E-state index < -0.39 is 5.54 Å². The predicted molar refractivity (Wildman–Crippen MR) is 60.5 cm³/mol. The maximum atomic E-state index is 11.8. The van der Waals surface area contributed by atoms with E-state index in [4.69, 9.17) is 14.4 Å².